The first-order chi connectivity index (χ1) is 12.6. The van der Waals surface area contributed by atoms with Gasteiger partial charge in [0.25, 0.3) is 5.69 Å². The van der Waals surface area contributed by atoms with Crippen LogP contribution in [0.1, 0.15) is 5.56 Å². The average molecular weight is 393 g/mol. The number of carboxylic acid groups (broad SMARTS) is 1. The fraction of sp³-hybridized carbons (Fsp3) is 0.235. The predicted molar refractivity (Wildman–Crippen MR) is 99.3 cm³/mol. The third-order valence-electron chi connectivity index (χ3n) is 3.83. The molecule has 0 saturated carbocycles. The molecule has 0 aliphatic heterocycles. The molecule has 0 aliphatic rings. The van der Waals surface area contributed by atoms with Crippen LogP contribution in [0.3, 0.4) is 0 Å². The molecule has 2 aromatic carbocycles. The lowest BCUT2D eigenvalue weighted by Gasteiger charge is -2.17. The Kier molecular flexibility index (Phi) is 6.13. The Morgan fingerprint density at radius 1 is 1.22 bits per heavy atom. The first kappa shape index (κ1) is 20.3. The molecule has 1 atom stereocenters. The summed E-state index contributed by atoms with van der Waals surface area (Å²) in [5.74, 6) is -1.35. The van der Waals surface area contributed by atoms with Crippen LogP contribution >= 0.6 is 0 Å². The maximum Gasteiger partial charge on any atom is 0.322 e. The topological polar surface area (TPSA) is 130 Å². The zero-order valence-electron chi connectivity index (χ0n) is 14.7. The van der Waals surface area contributed by atoms with Gasteiger partial charge in [-0.3, -0.25) is 14.9 Å². The second-order valence-corrected chi connectivity index (χ2v) is 7.75. The van der Waals surface area contributed by atoms with Crippen molar-refractivity contribution in [3.05, 3.63) is 64.2 Å². The molecule has 27 heavy (non-hydrogen) atoms. The molecule has 0 saturated heterocycles. The van der Waals surface area contributed by atoms with Crippen LogP contribution in [0.5, 0.6) is 0 Å². The number of nitro benzene ring substituents is 1. The predicted octanol–water partition coefficient (Wildman–Crippen LogP) is 1.63. The van der Waals surface area contributed by atoms with E-state index in [9.17, 15) is 28.4 Å². The molecule has 9 nitrogen and oxygen atoms in total. The van der Waals surface area contributed by atoms with Gasteiger partial charge in [0.05, 0.1) is 9.82 Å². The van der Waals surface area contributed by atoms with Gasteiger partial charge < -0.3 is 10.0 Å². The van der Waals surface area contributed by atoms with Crippen LogP contribution < -0.4 is 9.62 Å². The molecule has 10 heteroatoms. The lowest BCUT2D eigenvalue weighted by molar-refractivity contribution is -0.384. The number of aliphatic carboxylic acids is 1. The SMILES string of the molecule is CN(C)c1cccc(S(=O)(=O)NC(Cc2ccc([N+](=O)[O-])cc2)C(=O)O)c1. The van der Waals surface area contributed by atoms with E-state index in [4.69, 9.17) is 0 Å². The van der Waals surface area contributed by atoms with E-state index in [1.807, 2.05) is 0 Å². The summed E-state index contributed by atoms with van der Waals surface area (Å²) in [4.78, 5) is 23.3. The highest BCUT2D eigenvalue weighted by molar-refractivity contribution is 7.89. The zero-order chi connectivity index (χ0) is 20.2. The number of sulfonamides is 1. The van der Waals surface area contributed by atoms with Crippen LogP contribution in [0, 0.1) is 10.1 Å². The summed E-state index contributed by atoms with van der Waals surface area (Å²) in [6.07, 6.45) is -0.153. The molecular formula is C17H19N3O6S. The summed E-state index contributed by atoms with van der Waals surface area (Å²) < 4.78 is 27.3. The Labute approximate surface area is 156 Å². The molecular weight excluding hydrogens is 374 g/mol. The third-order valence-corrected chi connectivity index (χ3v) is 5.30. The molecule has 2 aromatic rings. The summed E-state index contributed by atoms with van der Waals surface area (Å²) in [5, 5.41) is 20.1. The van der Waals surface area contributed by atoms with E-state index in [-0.39, 0.29) is 17.0 Å². The molecule has 0 aromatic heterocycles. The number of hydrogen-bond acceptors (Lipinski definition) is 6. The highest BCUT2D eigenvalue weighted by atomic mass is 32.2. The smallest absolute Gasteiger partial charge is 0.322 e. The second-order valence-electron chi connectivity index (χ2n) is 6.03. The van der Waals surface area contributed by atoms with Gasteiger partial charge in [-0.15, -0.1) is 0 Å². The first-order valence-electron chi connectivity index (χ1n) is 7.86. The third kappa shape index (κ3) is 5.25. The minimum absolute atomic E-state index is 0.0522. The van der Waals surface area contributed by atoms with E-state index in [1.54, 1.807) is 31.1 Å². The fourth-order valence-corrected chi connectivity index (χ4v) is 3.58. The number of non-ortho nitro benzene ring substituents is 1. The molecule has 0 bridgehead atoms. The largest absolute Gasteiger partial charge is 0.480 e. The van der Waals surface area contributed by atoms with Gasteiger partial charge in [-0.1, -0.05) is 18.2 Å². The van der Waals surface area contributed by atoms with Gasteiger partial charge >= 0.3 is 5.97 Å². The number of hydrogen-bond donors (Lipinski definition) is 2. The Bertz CT molecular complexity index is 941. The number of nitro groups is 1. The molecule has 1 unspecified atom stereocenters. The monoisotopic (exact) mass is 393 g/mol. The Morgan fingerprint density at radius 3 is 2.37 bits per heavy atom. The Morgan fingerprint density at radius 2 is 1.85 bits per heavy atom. The molecule has 2 rings (SSSR count). The maximum absolute atomic E-state index is 12.6. The number of carbonyl (C=O) groups is 1. The standard InChI is InChI=1S/C17H19N3O6S/c1-19(2)14-4-3-5-15(11-14)27(25,26)18-16(17(21)22)10-12-6-8-13(9-7-12)20(23)24/h3-9,11,16,18H,10H2,1-2H3,(H,21,22). The molecule has 0 fully saturated rings. The van der Waals surface area contributed by atoms with E-state index in [0.717, 1.165) is 0 Å². The van der Waals surface area contributed by atoms with Crippen LogP contribution in [0.15, 0.2) is 53.4 Å². The van der Waals surface area contributed by atoms with Gasteiger partial charge in [0, 0.05) is 31.9 Å². The van der Waals surface area contributed by atoms with E-state index < -0.39 is 27.0 Å². The lowest BCUT2D eigenvalue weighted by Crippen LogP contribution is -2.42. The molecule has 0 radical (unpaired) electrons. The quantitative estimate of drug-likeness (QED) is 0.515. The van der Waals surface area contributed by atoms with Crippen LogP contribution in [0.4, 0.5) is 11.4 Å². The first-order valence-corrected chi connectivity index (χ1v) is 9.34. The zero-order valence-corrected chi connectivity index (χ0v) is 15.5. The molecule has 144 valence electrons. The van der Waals surface area contributed by atoms with Crippen LogP contribution in [-0.2, 0) is 21.2 Å². The van der Waals surface area contributed by atoms with Crippen molar-refractivity contribution in [3.63, 3.8) is 0 Å². The normalized spacial score (nSPS) is 12.4. The minimum atomic E-state index is -4.07. The molecule has 0 spiro atoms. The number of nitrogens with zero attached hydrogens (tertiary/aromatic N) is 2. The van der Waals surface area contributed by atoms with Gasteiger partial charge in [0.15, 0.2) is 0 Å². The summed E-state index contributed by atoms with van der Waals surface area (Å²) in [6, 6.07) is 9.96. The summed E-state index contributed by atoms with van der Waals surface area (Å²) in [5.41, 5.74) is 0.976. The van der Waals surface area contributed by atoms with Gasteiger partial charge in [0.2, 0.25) is 10.0 Å². The highest BCUT2D eigenvalue weighted by Crippen LogP contribution is 2.19. The summed E-state index contributed by atoms with van der Waals surface area (Å²) in [6.45, 7) is 0. The summed E-state index contributed by atoms with van der Waals surface area (Å²) >= 11 is 0. The number of benzene rings is 2. The van der Waals surface area contributed by atoms with Crippen LogP contribution in [-0.4, -0.2) is 44.6 Å². The van der Waals surface area contributed by atoms with Crippen molar-refractivity contribution < 1.29 is 23.2 Å². The van der Waals surface area contributed by atoms with Gasteiger partial charge in [-0.25, -0.2) is 8.42 Å². The Balaban J connectivity index is 2.23. The Hall–Kier alpha value is -2.98. The number of nitrogens with one attached hydrogen (secondary N) is 1. The minimum Gasteiger partial charge on any atom is -0.480 e. The van der Waals surface area contributed by atoms with Crippen molar-refractivity contribution in [2.24, 2.45) is 0 Å². The van der Waals surface area contributed by atoms with Crippen molar-refractivity contribution in [1.82, 2.24) is 4.72 Å². The van der Waals surface area contributed by atoms with E-state index in [2.05, 4.69) is 4.72 Å². The number of rotatable bonds is 8. The van der Waals surface area contributed by atoms with Crippen molar-refractivity contribution >= 4 is 27.4 Å². The number of anilines is 1. The molecule has 0 amide bonds. The molecule has 2 N–H and O–H groups in total. The van der Waals surface area contributed by atoms with Crippen molar-refractivity contribution in [1.29, 1.82) is 0 Å². The fourth-order valence-electron chi connectivity index (χ4n) is 2.35. The van der Waals surface area contributed by atoms with E-state index in [0.29, 0.717) is 11.3 Å². The molecule has 0 heterocycles. The number of carboxylic acids is 1. The molecule has 0 aliphatic carbocycles. The van der Waals surface area contributed by atoms with Crippen LogP contribution in [0.2, 0.25) is 0 Å². The van der Waals surface area contributed by atoms with Gasteiger partial charge in [-0.05, 0) is 30.2 Å². The van der Waals surface area contributed by atoms with Gasteiger partial charge in [0.1, 0.15) is 6.04 Å². The van der Waals surface area contributed by atoms with Crippen molar-refractivity contribution in [2.75, 3.05) is 19.0 Å². The highest BCUT2D eigenvalue weighted by Gasteiger charge is 2.26. The average Bonchev–Trinajstić information content (AvgIpc) is 2.61. The second kappa shape index (κ2) is 8.14. The van der Waals surface area contributed by atoms with Gasteiger partial charge in [-0.2, -0.15) is 4.72 Å². The van der Waals surface area contributed by atoms with E-state index >= 15 is 0 Å². The van der Waals surface area contributed by atoms with Crippen LogP contribution in [0.25, 0.3) is 0 Å². The summed E-state index contributed by atoms with van der Waals surface area (Å²) in [7, 11) is -0.552. The van der Waals surface area contributed by atoms with Crippen molar-refractivity contribution in [2.45, 2.75) is 17.4 Å². The van der Waals surface area contributed by atoms with Crippen molar-refractivity contribution in [3.8, 4) is 0 Å². The maximum atomic E-state index is 12.6. The van der Waals surface area contributed by atoms with E-state index in [1.165, 1.54) is 36.4 Å². The lowest BCUT2D eigenvalue weighted by atomic mass is 10.1.